The molecule has 0 spiro atoms. The summed E-state index contributed by atoms with van der Waals surface area (Å²) >= 11 is 0. The first-order valence-electron chi connectivity index (χ1n) is 6.04. The summed E-state index contributed by atoms with van der Waals surface area (Å²) in [7, 11) is 0. The molecule has 14 heavy (non-hydrogen) atoms. The molecule has 0 heterocycles. The van der Waals surface area contributed by atoms with E-state index in [0.717, 1.165) is 12.3 Å². The Morgan fingerprint density at radius 3 is 2.00 bits per heavy atom. The van der Waals surface area contributed by atoms with Crippen LogP contribution in [-0.4, -0.2) is 11.1 Å². The first-order chi connectivity index (χ1) is 6.47. The van der Waals surface area contributed by atoms with Crippen LogP contribution in [0.25, 0.3) is 0 Å². The molecule has 2 heteroatoms. The zero-order valence-corrected chi connectivity index (χ0v) is 9.18. The summed E-state index contributed by atoms with van der Waals surface area (Å²) in [5.74, 6) is 0.834. The molecule has 80 valence electrons. The quantitative estimate of drug-likeness (QED) is 0.668. The van der Waals surface area contributed by atoms with Crippen LogP contribution in [0.2, 0.25) is 0 Å². The van der Waals surface area contributed by atoms with Gasteiger partial charge < -0.3 is 11.5 Å². The largest absolute Gasteiger partial charge is 0.325 e. The second kappa shape index (κ2) is 2.35. The summed E-state index contributed by atoms with van der Waals surface area (Å²) in [6.45, 7) is 2.32. The molecule has 0 saturated heterocycles. The highest BCUT2D eigenvalue weighted by Gasteiger charge is 2.60. The minimum atomic E-state index is 0.101. The van der Waals surface area contributed by atoms with Crippen molar-refractivity contribution in [2.24, 2.45) is 22.8 Å². The van der Waals surface area contributed by atoms with E-state index in [1.807, 2.05) is 0 Å². The Balaban J connectivity index is 2.01. The lowest BCUT2D eigenvalue weighted by atomic mass is 9.44. The molecule has 4 aliphatic rings. The fraction of sp³-hybridized carbons (Fsp3) is 1.00. The first kappa shape index (κ1) is 9.17. The van der Waals surface area contributed by atoms with Gasteiger partial charge in [0.2, 0.25) is 0 Å². The van der Waals surface area contributed by atoms with Gasteiger partial charge in [0.05, 0.1) is 0 Å². The summed E-state index contributed by atoms with van der Waals surface area (Å²) in [5.41, 5.74) is 13.7. The van der Waals surface area contributed by atoms with Crippen LogP contribution in [-0.2, 0) is 0 Å². The van der Waals surface area contributed by atoms with Crippen molar-refractivity contribution in [1.29, 1.82) is 0 Å². The van der Waals surface area contributed by atoms with Gasteiger partial charge in [-0.1, -0.05) is 13.3 Å². The van der Waals surface area contributed by atoms with Crippen molar-refractivity contribution in [3.8, 4) is 0 Å². The SMILES string of the molecule is CCC12CC3C[C@@](N)(C1)C[C@](N)(C3)C2. The van der Waals surface area contributed by atoms with Crippen molar-refractivity contribution in [1.82, 2.24) is 0 Å². The summed E-state index contributed by atoms with van der Waals surface area (Å²) in [4.78, 5) is 0. The summed E-state index contributed by atoms with van der Waals surface area (Å²) in [5, 5.41) is 0. The lowest BCUT2D eigenvalue weighted by Gasteiger charge is -2.64. The van der Waals surface area contributed by atoms with Crippen molar-refractivity contribution in [2.45, 2.75) is 62.9 Å². The predicted molar refractivity (Wildman–Crippen MR) is 57.8 cm³/mol. The van der Waals surface area contributed by atoms with Crippen LogP contribution in [0.4, 0.5) is 0 Å². The smallest absolute Gasteiger partial charge is 0.0179 e. The zero-order chi connectivity index (χ0) is 10.0. The van der Waals surface area contributed by atoms with Crippen molar-refractivity contribution >= 4 is 0 Å². The summed E-state index contributed by atoms with van der Waals surface area (Å²) in [6, 6.07) is 0. The van der Waals surface area contributed by atoms with Crippen LogP contribution in [0.3, 0.4) is 0 Å². The van der Waals surface area contributed by atoms with Crippen LogP contribution in [0.1, 0.15) is 51.9 Å². The van der Waals surface area contributed by atoms with E-state index in [2.05, 4.69) is 6.92 Å². The van der Waals surface area contributed by atoms with E-state index >= 15 is 0 Å². The van der Waals surface area contributed by atoms with E-state index in [1.165, 1.54) is 38.5 Å². The molecule has 0 aromatic rings. The molecule has 0 amide bonds. The minimum Gasteiger partial charge on any atom is -0.325 e. The van der Waals surface area contributed by atoms with Gasteiger partial charge in [-0.05, 0) is 49.9 Å². The van der Waals surface area contributed by atoms with E-state index in [-0.39, 0.29) is 11.1 Å². The number of hydrogen-bond donors (Lipinski definition) is 2. The fourth-order valence-corrected chi connectivity index (χ4v) is 5.19. The van der Waals surface area contributed by atoms with Crippen molar-refractivity contribution in [3.63, 3.8) is 0 Å². The Hall–Kier alpha value is -0.0800. The molecule has 0 radical (unpaired) electrons. The Labute approximate surface area is 86.4 Å². The molecule has 2 unspecified atom stereocenters. The number of hydrogen-bond acceptors (Lipinski definition) is 2. The van der Waals surface area contributed by atoms with E-state index in [9.17, 15) is 0 Å². The highest BCUT2D eigenvalue weighted by Crippen LogP contribution is 2.62. The topological polar surface area (TPSA) is 52.0 Å². The van der Waals surface area contributed by atoms with Crippen LogP contribution in [0.5, 0.6) is 0 Å². The summed E-state index contributed by atoms with van der Waals surface area (Å²) in [6.07, 6.45) is 8.74. The Kier molecular flexibility index (Phi) is 1.54. The number of nitrogens with two attached hydrogens (primary N) is 2. The van der Waals surface area contributed by atoms with E-state index in [1.54, 1.807) is 0 Å². The lowest BCUT2D eigenvalue weighted by Crippen LogP contribution is -2.69. The first-order valence-corrected chi connectivity index (χ1v) is 6.04. The molecule has 4 fully saturated rings. The molecular weight excluding hydrogens is 172 g/mol. The summed E-state index contributed by atoms with van der Waals surface area (Å²) < 4.78 is 0. The third-order valence-corrected chi connectivity index (χ3v) is 5.02. The van der Waals surface area contributed by atoms with Crippen LogP contribution in [0.15, 0.2) is 0 Å². The van der Waals surface area contributed by atoms with Crippen LogP contribution >= 0.6 is 0 Å². The third-order valence-electron chi connectivity index (χ3n) is 5.02. The van der Waals surface area contributed by atoms with Crippen molar-refractivity contribution < 1.29 is 0 Å². The lowest BCUT2D eigenvalue weighted by molar-refractivity contribution is -0.0820. The zero-order valence-electron chi connectivity index (χ0n) is 9.18. The number of rotatable bonds is 1. The molecule has 4 bridgehead atoms. The average molecular weight is 194 g/mol. The Bertz CT molecular complexity index is 255. The van der Waals surface area contributed by atoms with Gasteiger partial charge in [-0.2, -0.15) is 0 Å². The molecule has 4 N–H and O–H groups in total. The molecule has 0 aromatic carbocycles. The maximum absolute atomic E-state index is 6.49. The van der Waals surface area contributed by atoms with Gasteiger partial charge >= 0.3 is 0 Å². The van der Waals surface area contributed by atoms with Gasteiger partial charge in [-0.3, -0.25) is 0 Å². The monoisotopic (exact) mass is 194 g/mol. The van der Waals surface area contributed by atoms with Crippen LogP contribution < -0.4 is 11.5 Å². The van der Waals surface area contributed by atoms with Crippen molar-refractivity contribution in [2.75, 3.05) is 0 Å². The molecular formula is C12H22N2. The van der Waals surface area contributed by atoms with Crippen molar-refractivity contribution in [3.05, 3.63) is 0 Å². The Morgan fingerprint density at radius 1 is 1.00 bits per heavy atom. The second-order valence-corrected chi connectivity index (χ2v) is 6.59. The molecule has 4 saturated carbocycles. The fourth-order valence-electron chi connectivity index (χ4n) is 5.19. The maximum atomic E-state index is 6.49. The van der Waals surface area contributed by atoms with Crippen LogP contribution in [0, 0.1) is 11.3 Å². The highest BCUT2D eigenvalue weighted by atomic mass is 14.9. The van der Waals surface area contributed by atoms with Gasteiger partial charge in [-0.15, -0.1) is 0 Å². The molecule has 4 rings (SSSR count). The normalized spacial score (nSPS) is 60.6. The predicted octanol–water partition coefficient (Wildman–Crippen LogP) is 1.78. The third kappa shape index (κ3) is 1.10. The van der Waals surface area contributed by atoms with E-state index < -0.39 is 0 Å². The molecule has 0 aromatic heterocycles. The van der Waals surface area contributed by atoms with E-state index in [4.69, 9.17) is 11.5 Å². The maximum Gasteiger partial charge on any atom is 0.0179 e. The molecule has 4 aliphatic carbocycles. The van der Waals surface area contributed by atoms with Gasteiger partial charge in [0, 0.05) is 11.1 Å². The minimum absolute atomic E-state index is 0.101. The van der Waals surface area contributed by atoms with Gasteiger partial charge in [0.15, 0.2) is 0 Å². The Morgan fingerprint density at radius 2 is 1.57 bits per heavy atom. The molecule has 0 aliphatic heterocycles. The molecule has 4 atom stereocenters. The van der Waals surface area contributed by atoms with Gasteiger partial charge in [0.1, 0.15) is 0 Å². The van der Waals surface area contributed by atoms with Gasteiger partial charge in [0.25, 0.3) is 0 Å². The average Bonchev–Trinajstić information content (AvgIpc) is 1.97. The highest BCUT2D eigenvalue weighted by molar-refractivity contribution is 5.17. The second-order valence-electron chi connectivity index (χ2n) is 6.59. The van der Waals surface area contributed by atoms with Gasteiger partial charge in [-0.25, -0.2) is 0 Å². The van der Waals surface area contributed by atoms with E-state index in [0.29, 0.717) is 5.41 Å². The molecule has 2 nitrogen and oxygen atoms in total. The standard InChI is InChI=1S/C12H22N2/c1-2-10-3-9-4-11(13,6-10)8-12(14,5-9)7-10/h9H,2-8,13-14H2,1H3/t9?,10?,11-,12+.